The number of hydrogen-bond donors (Lipinski definition) is 1. The maximum Gasteiger partial charge on any atom is 0.246 e. The predicted molar refractivity (Wildman–Crippen MR) is 93.2 cm³/mol. The van der Waals surface area contributed by atoms with Crippen LogP contribution in [0.15, 0.2) is 48.5 Å². The van der Waals surface area contributed by atoms with Crippen molar-refractivity contribution in [2.75, 3.05) is 29.9 Å². The number of aryl methyl sites for hydroxylation is 1. The number of ether oxygens (including phenoxy) is 1. The maximum absolute atomic E-state index is 12.1. The average molecular weight is 310 g/mol. The van der Waals surface area contributed by atoms with E-state index >= 15 is 0 Å². The molecule has 1 N–H and O–H groups in total. The van der Waals surface area contributed by atoms with Gasteiger partial charge in [-0.05, 0) is 43.5 Å². The van der Waals surface area contributed by atoms with Gasteiger partial charge in [0.25, 0.3) is 0 Å². The first kappa shape index (κ1) is 15.4. The fourth-order valence-electron chi connectivity index (χ4n) is 2.78. The van der Waals surface area contributed by atoms with E-state index in [0.717, 1.165) is 42.1 Å². The van der Waals surface area contributed by atoms with Crippen LogP contribution >= 0.6 is 0 Å². The van der Waals surface area contributed by atoms with Gasteiger partial charge in [-0.25, -0.2) is 0 Å². The standard InChI is InChI=1S/C19H22N2O2/c1-15-8-2-5-11-18(15)23-13-7-6-12-21-17-10-4-3-9-16(17)20-14-19(21)22/h2-5,8-11,20H,6-7,12-14H2,1H3. The van der Waals surface area contributed by atoms with Crippen molar-refractivity contribution in [2.24, 2.45) is 0 Å². The molecule has 0 radical (unpaired) electrons. The Bertz CT molecular complexity index is 685. The summed E-state index contributed by atoms with van der Waals surface area (Å²) in [5, 5.41) is 3.16. The topological polar surface area (TPSA) is 41.6 Å². The average Bonchev–Trinajstić information content (AvgIpc) is 2.58. The summed E-state index contributed by atoms with van der Waals surface area (Å²) in [6.07, 6.45) is 1.85. The molecule has 0 spiro atoms. The minimum Gasteiger partial charge on any atom is -0.493 e. The molecular formula is C19H22N2O2. The highest BCUT2D eigenvalue weighted by molar-refractivity contribution is 6.02. The molecule has 1 amide bonds. The first-order valence-corrected chi connectivity index (χ1v) is 8.07. The van der Waals surface area contributed by atoms with Gasteiger partial charge in [-0.2, -0.15) is 0 Å². The van der Waals surface area contributed by atoms with Crippen LogP contribution in [0.2, 0.25) is 0 Å². The van der Waals surface area contributed by atoms with E-state index in [1.165, 1.54) is 0 Å². The summed E-state index contributed by atoms with van der Waals surface area (Å²) in [7, 11) is 0. The number of nitrogens with zero attached hydrogens (tertiary/aromatic N) is 1. The van der Waals surface area contributed by atoms with Crippen LogP contribution in [0.4, 0.5) is 11.4 Å². The molecule has 3 rings (SSSR count). The van der Waals surface area contributed by atoms with E-state index in [-0.39, 0.29) is 5.91 Å². The van der Waals surface area contributed by atoms with Crippen molar-refractivity contribution in [2.45, 2.75) is 19.8 Å². The molecule has 0 unspecified atom stereocenters. The lowest BCUT2D eigenvalue weighted by molar-refractivity contribution is -0.117. The number of amides is 1. The van der Waals surface area contributed by atoms with E-state index in [1.807, 2.05) is 60.4 Å². The normalized spacial score (nSPS) is 13.4. The van der Waals surface area contributed by atoms with Gasteiger partial charge in [0.2, 0.25) is 5.91 Å². The fraction of sp³-hybridized carbons (Fsp3) is 0.316. The maximum atomic E-state index is 12.1. The Morgan fingerprint density at radius 3 is 2.74 bits per heavy atom. The highest BCUT2D eigenvalue weighted by atomic mass is 16.5. The van der Waals surface area contributed by atoms with Gasteiger partial charge in [-0.1, -0.05) is 30.3 Å². The quantitative estimate of drug-likeness (QED) is 0.829. The Morgan fingerprint density at radius 2 is 1.87 bits per heavy atom. The van der Waals surface area contributed by atoms with E-state index in [4.69, 9.17) is 4.74 Å². The third kappa shape index (κ3) is 3.65. The monoisotopic (exact) mass is 310 g/mol. The molecule has 0 saturated heterocycles. The Balaban J connectivity index is 1.49. The molecule has 0 fully saturated rings. The van der Waals surface area contributed by atoms with E-state index in [2.05, 4.69) is 5.32 Å². The van der Waals surface area contributed by atoms with E-state index in [1.54, 1.807) is 0 Å². The van der Waals surface area contributed by atoms with Crippen LogP contribution in [-0.2, 0) is 4.79 Å². The van der Waals surface area contributed by atoms with Crippen LogP contribution in [-0.4, -0.2) is 25.6 Å². The van der Waals surface area contributed by atoms with Crippen molar-refractivity contribution in [3.05, 3.63) is 54.1 Å². The van der Waals surface area contributed by atoms with Crippen molar-refractivity contribution in [3.8, 4) is 5.75 Å². The lowest BCUT2D eigenvalue weighted by Crippen LogP contribution is -2.40. The largest absolute Gasteiger partial charge is 0.493 e. The third-order valence-corrected chi connectivity index (χ3v) is 4.05. The van der Waals surface area contributed by atoms with Crippen LogP contribution in [0.3, 0.4) is 0 Å². The number of carbonyl (C=O) groups excluding carboxylic acids is 1. The number of carbonyl (C=O) groups is 1. The van der Waals surface area contributed by atoms with Gasteiger partial charge >= 0.3 is 0 Å². The van der Waals surface area contributed by atoms with Gasteiger partial charge in [-0.15, -0.1) is 0 Å². The number of rotatable bonds is 6. The molecule has 1 heterocycles. The lowest BCUT2D eigenvalue weighted by Gasteiger charge is -2.30. The minimum absolute atomic E-state index is 0.128. The zero-order chi connectivity index (χ0) is 16.1. The highest BCUT2D eigenvalue weighted by Crippen LogP contribution is 2.29. The molecule has 0 aromatic heterocycles. The van der Waals surface area contributed by atoms with Crippen LogP contribution in [0.1, 0.15) is 18.4 Å². The van der Waals surface area contributed by atoms with Crippen molar-refractivity contribution in [1.82, 2.24) is 0 Å². The number of fused-ring (bicyclic) bond motifs is 1. The van der Waals surface area contributed by atoms with Gasteiger partial charge in [0.15, 0.2) is 0 Å². The molecule has 2 aromatic rings. The predicted octanol–water partition coefficient (Wildman–Crippen LogP) is 3.61. The molecule has 2 aromatic carbocycles. The summed E-state index contributed by atoms with van der Waals surface area (Å²) in [6.45, 7) is 3.82. The van der Waals surface area contributed by atoms with Crippen molar-refractivity contribution >= 4 is 17.3 Å². The summed E-state index contributed by atoms with van der Waals surface area (Å²) in [5.74, 6) is 1.07. The van der Waals surface area contributed by atoms with Gasteiger partial charge < -0.3 is 15.0 Å². The molecule has 0 saturated carbocycles. The summed E-state index contributed by atoms with van der Waals surface area (Å²) < 4.78 is 5.81. The van der Waals surface area contributed by atoms with E-state index in [0.29, 0.717) is 13.2 Å². The molecule has 0 atom stereocenters. The van der Waals surface area contributed by atoms with Crippen LogP contribution in [0.25, 0.3) is 0 Å². The molecular weight excluding hydrogens is 288 g/mol. The van der Waals surface area contributed by atoms with Crippen molar-refractivity contribution in [1.29, 1.82) is 0 Å². The Kier molecular flexibility index (Phi) is 4.81. The second-order valence-corrected chi connectivity index (χ2v) is 5.74. The van der Waals surface area contributed by atoms with Crippen LogP contribution in [0, 0.1) is 6.92 Å². The number of nitrogens with one attached hydrogen (secondary N) is 1. The highest BCUT2D eigenvalue weighted by Gasteiger charge is 2.22. The first-order valence-electron chi connectivity index (χ1n) is 8.07. The lowest BCUT2D eigenvalue weighted by atomic mass is 10.1. The van der Waals surface area contributed by atoms with Gasteiger partial charge in [-0.3, -0.25) is 4.79 Å². The zero-order valence-corrected chi connectivity index (χ0v) is 13.4. The molecule has 0 bridgehead atoms. The summed E-state index contributed by atoms with van der Waals surface area (Å²) >= 11 is 0. The Labute approximate surface area is 137 Å². The molecule has 120 valence electrons. The molecule has 23 heavy (non-hydrogen) atoms. The molecule has 4 nitrogen and oxygen atoms in total. The number of hydrogen-bond acceptors (Lipinski definition) is 3. The van der Waals surface area contributed by atoms with E-state index in [9.17, 15) is 4.79 Å². The summed E-state index contributed by atoms with van der Waals surface area (Å²) in [6, 6.07) is 16.0. The van der Waals surface area contributed by atoms with E-state index < -0.39 is 0 Å². The first-order chi connectivity index (χ1) is 11.3. The van der Waals surface area contributed by atoms with Crippen molar-refractivity contribution < 1.29 is 9.53 Å². The van der Waals surface area contributed by atoms with Gasteiger partial charge in [0.05, 0.1) is 24.5 Å². The number of para-hydroxylation sites is 3. The third-order valence-electron chi connectivity index (χ3n) is 4.05. The zero-order valence-electron chi connectivity index (χ0n) is 13.4. The number of anilines is 2. The summed E-state index contributed by atoms with van der Waals surface area (Å²) in [5.41, 5.74) is 3.16. The SMILES string of the molecule is Cc1ccccc1OCCCCN1C(=O)CNc2ccccc21. The minimum atomic E-state index is 0.128. The van der Waals surface area contributed by atoms with Crippen molar-refractivity contribution in [3.63, 3.8) is 0 Å². The smallest absolute Gasteiger partial charge is 0.246 e. The second-order valence-electron chi connectivity index (χ2n) is 5.74. The van der Waals surface area contributed by atoms with Gasteiger partial charge in [0, 0.05) is 6.54 Å². The Hall–Kier alpha value is -2.49. The molecule has 4 heteroatoms. The number of unbranched alkanes of at least 4 members (excludes halogenated alkanes) is 1. The fourth-order valence-corrected chi connectivity index (χ4v) is 2.78. The van der Waals surface area contributed by atoms with Crippen LogP contribution < -0.4 is 15.0 Å². The Morgan fingerprint density at radius 1 is 1.09 bits per heavy atom. The molecule has 0 aliphatic carbocycles. The molecule has 1 aliphatic rings. The summed E-state index contributed by atoms with van der Waals surface area (Å²) in [4.78, 5) is 14.0. The van der Waals surface area contributed by atoms with Crippen LogP contribution in [0.5, 0.6) is 5.75 Å². The second kappa shape index (κ2) is 7.18. The molecule has 1 aliphatic heterocycles. The number of benzene rings is 2. The van der Waals surface area contributed by atoms with Gasteiger partial charge in [0.1, 0.15) is 5.75 Å².